The summed E-state index contributed by atoms with van der Waals surface area (Å²) in [6, 6.07) is 7.92. The number of benzene rings is 1. The Balaban J connectivity index is 1.55. The van der Waals surface area contributed by atoms with Crippen molar-refractivity contribution in [1.82, 2.24) is 20.0 Å². The summed E-state index contributed by atoms with van der Waals surface area (Å²) in [5.41, 5.74) is 1.74. The number of rotatable bonds is 8. The van der Waals surface area contributed by atoms with E-state index in [-0.39, 0.29) is 18.4 Å². The lowest BCUT2D eigenvalue weighted by atomic mass is 9.88. The summed E-state index contributed by atoms with van der Waals surface area (Å²) in [5, 5.41) is 2.88. The zero-order valence-electron chi connectivity index (χ0n) is 18.4. The van der Waals surface area contributed by atoms with Gasteiger partial charge in [0, 0.05) is 32.7 Å². The van der Waals surface area contributed by atoms with Gasteiger partial charge in [-0.2, -0.15) is 0 Å². The fraction of sp³-hybridized carbons (Fsp3) is 0.609. The molecule has 2 aliphatic heterocycles. The van der Waals surface area contributed by atoms with Crippen molar-refractivity contribution in [2.24, 2.45) is 0 Å². The van der Waals surface area contributed by atoms with Gasteiger partial charge in [0.25, 0.3) is 5.91 Å². The van der Waals surface area contributed by atoms with E-state index in [1.807, 2.05) is 19.9 Å². The van der Waals surface area contributed by atoms with E-state index in [2.05, 4.69) is 35.3 Å². The summed E-state index contributed by atoms with van der Waals surface area (Å²) < 4.78 is 0. The van der Waals surface area contributed by atoms with Crippen molar-refractivity contribution in [2.75, 3.05) is 32.7 Å². The second-order valence-electron chi connectivity index (χ2n) is 8.49. The maximum atomic E-state index is 13.0. The Kier molecular flexibility index (Phi) is 7.13. The smallest absolute Gasteiger partial charge is 0.325 e. The van der Waals surface area contributed by atoms with Crippen molar-refractivity contribution in [3.05, 3.63) is 35.4 Å². The minimum atomic E-state index is -0.840. The molecule has 2 fully saturated rings. The lowest BCUT2D eigenvalue weighted by Crippen LogP contribution is -2.52. The van der Waals surface area contributed by atoms with Crippen molar-refractivity contribution in [3.8, 4) is 0 Å². The number of nitrogens with one attached hydrogen (secondary N) is 1. The molecule has 0 bridgehead atoms. The van der Waals surface area contributed by atoms with E-state index in [9.17, 15) is 14.4 Å². The van der Waals surface area contributed by atoms with Crippen LogP contribution in [0.5, 0.6) is 0 Å². The van der Waals surface area contributed by atoms with Crippen LogP contribution in [-0.4, -0.2) is 70.8 Å². The van der Waals surface area contributed by atoms with Gasteiger partial charge in [-0.05, 0) is 30.9 Å². The third-order valence-corrected chi connectivity index (χ3v) is 6.27. The number of hydrogen-bond acceptors (Lipinski definition) is 4. The number of carbonyl (C=O) groups excluding carboxylic acids is 3. The van der Waals surface area contributed by atoms with Crippen LogP contribution < -0.4 is 5.32 Å². The van der Waals surface area contributed by atoms with Gasteiger partial charge in [0.2, 0.25) is 5.91 Å². The molecular formula is C23H34N4O3. The number of carbonyl (C=O) groups is 3. The topological polar surface area (TPSA) is 73.0 Å². The quantitative estimate of drug-likeness (QED) is 0.664. The molecule has 0 atom stereocenters. The van der Waals surface area contributed by atoms with Crippen molar-refractivity contribution in [2.45, 2.75) is 58.5 Å². The molecule has 0 radical (unpaired) electrons. The molecular weight excluding hydrogens is 380 g/mol. The van der Waals surface area contributed by atoms with Gasteiger partial charge in [0.15, 0.2) is 0 Å². The van der Waals surface area contributed by atoms with Crippen LogP contribution in [0, 0.1) is 6.92 Å². The Labute approximate surface area is 179 Å². The van der Waals surface area contributed by atoms with Crippen LogP contribution in [0.1, 0.15) is 50.7 Å². The average Bonchev–Trinajstić information content (AvgIpc) is 2.95. The number of urea groups is 1. The lowest BCUT2D eigenvalue weighted by Gasteiger charge is -2.35. The number of hydrogen-bond donors (Lipinski definition) is 1. The second kappa shape index (κ2) is 9.60. The molecule has 0 aromatic heterocycles. The molecule has 164 valence electrons. The normalized spacial score (nSPS) is 19.3. The van der Waals surface area contributed by atoms with E-state index in [4.69, 9.17) is 0 Å². The van der Waals surface area contributed by atoms with Crippen molar-refractivity contribution < 1.29 is 14.4 Å². The average molecular weight is 415 g/mol. The molecule has 7 nitrogen and oxygen atoms in total. The van der Waals surface area contributed by atoms with Gasteiger partial charge in [-0.25, -0.2) is 4.79 Å². The van der Waals surface area contributed by atoms with Crippen LogP contribution in [-0.2, 0) is 16.1 Å². The summed E-state index contributed by atoms with van der Waals surface area (Å²) in [6.07, 6.45) is 2.81. The summed E-state index contributed by atoms with van der Waals surface area (Å²) in [7, 11) is 0. The number of aryl methyl sites for hydroxylation is 1. The largest absolute Gasteiger partial charge is 0.339 e. The monoisotopic (exact) mass is 414 g/mol. The third kappa shape index (κ3) is 4.67. The van der Waals surface area contributed by atoms with Crippen LogP contribution >= 0.6 is 0 Å². The Hall–Kier alpha value is -2.41. The van der Waals surface area contributed by atoms with Crippen LogP contribution in [0.3, 0.4) is 0 Å². The molecule has 2 aliphatic rings. The summed E-state index contributed by atoms with van der Waals surface area (Å²) in [5.74, 6) is -0.402. The van der Waals surface area contributed by atoms with Gasteiger partial charge in [0.1, 0.15) is 12.1 Å². The predicted octanol–water partition coefficient (Wildman–Crippen LogP) is 2.53. The molecule has 0 aliphatic carbocycles. The van der Waals surface area contributed by atoms with Gasteiger partial charge < -0.3 is 10.2 Å². The fourth-order valence-electron chi connectivity index (χ4n) is 4.56. The molecule has 0 saturated carbocycles. The molecule has 0 spiro atoms. The summed E-state index contributed by atoms with van der Waals surface area (Å²) >= 11 is 0. The highest BCUT2D eigenvalue weighted by Crippen LogP contribution is 2.28. The second-order valence-corrected chi connectivity index (χ2v) is 8.49. The maximum Gasteiger partial charge on any atom is 0.325 e. The maximum absolute atomic E-state index is 13.0. The highest BCUT2D eigenvalue weighted by molar-refractivity contribution is 6.09. The first kappa shape index (κ1) is 22.3. The zero-order chi connectivity index (χ0) is 21.7. The molecule has 2 heterocycles. The number of amides is 4. The summed E-state index contributed by atoms with van der Waals surface area (Å²) in [6.45, 7) is 9.63. The molecule has 30 heavy (non-hydrogen) atoms. The first-order valence-electron chi connectivity index (χ1n) is 11.1. The van der Waals surface area contributed by atoms with Crippen molar-refractivity contribution in [3.63, 3.8) is 0 Å². The molecule has 3 rings (SSSR count). The lowest BCUT2D eigenvalue weighted by molar-refractivity contribution is -0.140. The van der Waals surface area contributed by atoms with Crippen molar-refractivity contribution >= 4 is 17.8 Å². The van der Waals surface area contributed by atoms with Gasteiger partial charge in [0.05, 0.1) is 0 Å². The highest BCUT2D eigenvalue weighted by atomic mass is 16.2. The van der Waals surface area contributed by atoms with Gasteiger partial charge in [-0.3, -0.25) is 19.4 Å². The number of imide groups is 1. The molecule has 0 unspecified atom stereocenters. The first-order chi connectivity index (χ1) is 14.4. The van der Waals surface area contributed by atoms with Crippen molar-refractivity contribution in [1.29, 1.82) is 0 Å². The van der Waals surface area contributed by atoms with E-state index >= 15 is 0 Å². The molecule has 1 N–H and O–H groups in total. The molecule has 1 aromatic rings. The SMILES string of the molecule is CCCC1(CCC)NC(=O)N(CC(=O)N2CCN(Cc3ccccc3C)CC2)C1=O. The minimum absolute atomic E-state index is 0.155. The van der Waals surface area contributed by atoms with Crippen LogP contribution in [0.4, 0.5) is 4.79 Å². The van der Waals surface area contributed by atoms with E-state index < -0.39 is 11.6 Å². The minimum Gasteiger partial charge on any atom is -0.339 e. The van der Waals surface area contributed by atoms with Crippen LogP contribution in [0.2, 0.25) is 0 Å². The number of nitrogens with zero attached hydrogens (tertiary/aromatic N) is 3. The van der Waals surface area contributed by atoms with Crippen LogP contribution in [0.25, 0.3) is 0 Å². The number of piperazine rings is 1. The zero-order valence-corrected chi connectivity index (χ0v) is 18.4. The van der Waals surface area contributed by atoms with E-state index in [1.54, 1.807) is 4.90 Å². The Morgan fingerprint density at radius 2 is 1.67 bits per heavy atom. The standard InChI is InChI=1S/C23H34N4O3/c1-4-10-23(11-5-2)21(29)27(22(30)24-23)17-20(28)26-14-12-25(13-15-26)16-19-9-7-6-8-18(19)3/h6-9H,4-5,10-17H2,1-3H3,(H,24,30). The van der Waals surface area contributed by atoms with Gasteiger partial charge in [-0.15, -0.1) is 0 Å². The molecule has 2 saturated heterocycles. The Bertz CT molecular complexity index is 780. The third-order valence-electron chi connectivity index (χ3n) is 6.27. The first-order valence-corrected chi connectivity index (χ1v) is 11.1. The Morgan fingerprint density at radius 3 is 2.27 bits per heavy atom. The molecule has 7 heteroatoms. The van der Waals surface area contributed by atoms with Gasteiger partial charge >= 0.3 is 6.03 Å². The Morgan fingerprint density at radius 1 is 1.03 bits per heavy atom. The highest BCUT2D eigenvalue weighted by Gasteiger charge is 2.50. The molecule has 4 amide bonds. The fourth-order valence-corrected chi connectivity index (χ4v) is 4.56. The predicted molar refractivity (Wildman–Crippen MR) is 116 cm³/mol. The van der Waals surface area contributed by atoms with Crippen LogP contribution in [0.15, 0.2) is 24.3 Å². The summed E-state index contributed by atoms with van der Waals surface area (Å²) in [4.78, 5) is 43.5. The van der Waals surface area contributed by atoms with E-state index in [1.165, 1.54) is 11.1 Å². The molecule has 1 aromatic carbocycles. The van der Waals surface area contributed by atoms with Gasteiger partial charge in [-0.1, -0.05) is 51.0 Å². The van der Waals surface area contributed by atoms with E-state index in [0.717, 1.165) is 37.4 Å². The van der Waals surface area contributed by atoms with E-state index in [0.29, 0.717) is 25.9 Å².